The molecule has 24 heavy (non-hydrogen) atoms. The molecule has 2 heterocycles. The highest BCUT2D eigenvalue weighted by Gasteiger charge is 2.24. The number of ether oxygens (including phenoxy) is 2. The molecule has 3 rings (SSSR count). The summed E-state index contributed by atoms with van der Waals surface area (Å²) in [5.74, 6) is -0.0236. The first-order valence-electron chi connectivity index (χ1n) is 7.57. The molecule has 0 fully saturated rings. The van der Waals surface area contributed by atoms with Crippen LogP contribution in [0.5, 0.6) is 5.95 Å². The number of carbonyl (C=O) groups is 1. The van der Waals surface area contributed by atoms with Gasteiger partial charge in [-0.2, -0.15) is 0 Å². The summed E-state index contributed by atoms with van der Waals surface area (Å²) < 4.78 is 15.5. The zero-order chi connectivity index (χ0) is 17.3. The molecule has 6 nitrogen and oxygen atoms in total. The first kappa shape index (κ1) is 16.0. The number of rotatable bonds is 2. The molecule has 3 aromatic rings. The fraction of sp³-hybridized carbons (Fsp3) is 0.278. The van der Waals surface area contributed by atoms with E-state index in [1.165, 1.54) is 0 Å². The number of para-hydroxylation sites is 1. The predicted molar refractivity (Wildman–Crippen MR) is 88.8 cm³/mol. The summed E-state index contributed by atoms with van der Waals surface area (Å²) in [6, 6.07) is 11.5. The summed E-state index contributed by atoms with van der Waals surface area (Å²) in [7, 11) is 0. The maximum atomic E-state index is 11.9. The standard InChI is InChI=1S/C18H18N2O4/c1-11-15(14-10-9-12-7-5-6-8-13(12)19-14)16(24-20-11)22-17(21)23-18(2,3)4/h5-10H,1-4H3. The van der Waals surface area contributed by atoms with Gasteiger partial charge in [-0.05, 0) is 39.8 Å². The first-order valence-corrected chi connectivity index (χ1v) is 7.57. The molecule has 0 radical (unpaired) electrons. The average molecular weight is 326 g/mol. The van der Waals surface area contributed by atoms with E-state index in [1.54, 1.807) is 27.7 Å². The molecule has 1 aromatic carbocycles. The van der Waals surface area contributed by atoms with Gasteiger partial charge in [-0.1, -0.05) is 29.4 Å². The molecule has 6 heteroatoms. The van der Waals surface area contributed by atoms with Crippen molar-refractivity contribution in [2.45, 2.75) is 33.3 Å². The summed E-state index contributed by atoms with van der Waals surface area (Å²) in [6.45, 7) is 7.03. The van der Waals surface area contributed by atoms with Gasteiger partial charge in [0, 0.05) is 5.39 Å². The van der Waals surface area contributed by atoms with Crippen molar-refractivity contribution in [1.29, 1.82) is 0 Å². The van der Waals surface area contributed by atoms with Crippen LogP contribution in [0.1, 0.15) is 26.5 Å². The first-order chi connectivity index (χ1) is 11.3. The lowest BCUT2D eigenvalue weighted by Gasteiger charge is -2.18. The maximum Gasteiger partial charge on any atom is 0.516 e. The van der Waals surface area contributed by atoms with E-state index < -0.39 is 11.8 Å². The highest BCUT2D eigenvalue weighted by Crippen LogP contribution is 2.33. The number of nitrogens with zero attached hydrogens (tertiary/aromatic N) is 2. The fourth-order valence-electron chi connectivity index (χ4n) is 2.26. The molecule has 0 unspecified atom stereocenters. The minimum atomic E-state index is -0.847. The molecule has 0 spiro atoms. The lowest BCUT2D eigenvalue weighted by atomic mass is 10.1. The molecule has 0 saturated heterocycles. The van der Waals surface area contributed by atoms with Crippen LogP contribution in [0.25, 0.3) is 22.2 Å². The van der Waals surface area contributed by atoms with Crippen molar-refractivity contribution < 1.29 is 18.8 Å². The third-order valence-electron chi connectivity index (χ3n) is 3.25. The van der Waals surface area contributed by atoms with Gasteiger partial charge in [-0.25, -0.2) is 9.78 Å². The third-order valence-corrected chi connectivity index (χ3v) is 3.25. The van der Waals surface area contributed by atoms with Gasteiger partial charge in [0.15, 0.2) is 0 Å². The summed E-state index contributed by atoms with van der Waals surface area (Å²) in [4.78, 5) is 16.5. The van der Waals surface area contributed by atoms with Crippen molar-refractivity contribution in [3.8, 4) is 17.2 Å². The van der Waals surface area contributed by atoms with Crippen LogP contribution in [0.2, 0.25) is 0 Å². The van der Waals surface area contributed by atoms with Gasteiger partial charge in [0.1, 0.15) is 11.2 Å². The summed E-state index contributed by atoms with van der Waals surface area (Å²) >= 11 is 0. The Morgan fingerprint density at radius 2 is 1.88 bits per heavy atom. The molecule has 0 saturated carbocycles. The Bertz CT molecular complexity index is 893. The van der Waals surface area contributed by atoms with Crippen molar-refractivity contribution in [3.05, 3.63) is 42.1 Å². The molecule has 0 atom stereocenters. The normalized spacial score (nSPS) is 11.5. The van der Waals surface area contributed by atoms with Gasteiger partial charge in [0.2, 0.25) is 0 Å². The largest absolute Gasteiger partial charge is 0.516 e. The summed E-state index contributed by atoms with van der Waals surface area (Å²) in [5.41, 5.74) is 1.90. The van der Waals surface area contributed by atoms with Crippen molar-refractivity contribution in [2.75, 3.05) is 0 Å². The molecule has 0 aliphatic rings. The third kappa shape index (κ3) is 3.37. The van der Waals surface area contributed by atoms with E-state index in [9.17, 15) is 4.79 Å². The van der Waals surface area contributed by atoms with Crippen LogP contribution in [0.15, 0.2) is 40.9 Å². The zero-order valence-electron chi connectivity index (χ0n) is 14.0. The summed E-state index contributed by atoms with van der Waals surface area (Å²) in [5, 5.41) is 4.89. The van der Waals surface area contributed by atoms with Crippen LogP contribution in [-0.4, -0.2) is 21.9 Å². The molecular formula is C18H18N2O4. The Labute approximate surface area is 139 Å². The van der Waals surface area contributed by atoms with Crippen molar-refractivity contribution >= 4 is 17.1 Å². The van der Waals surface area contributed by atoms with E-state index in [0.29, 0.717) is 17.0 Å². The second kappa shape index (κ2) is 5.96. The quantitative estimate of drug-likeness (QED) is 0.645. The van der Waals surface area contributed by atoms with Crippen LogP contribution >= 0.6 is 0 Å². The van der Waals surface area contributed by atoms with E-state index in [-0.39, 0.29) is 5.95 Å². The second-order valence-electron chi connectivity index (χ2n) is 6.39. The Kier molecular flexibility index (Phi) is 3.97. The Morgan fingerprint density at radius 1 is 1.12 bits per heavy atom. The van der Waals surface area contributed by atoms with E-state index in [2.05, 4.69) is 10.1 Å². The fourth-order valence-corrected chi connectivity index (χ4v) is 2.26. The highest BCUT2D eigenvalue weighted by molar-refractivity contribution is 5.82. The van der Waals surface area contributed by atoms with Crippen molar-refractivity contribution in [3.63, 3.8) is 0 Å². The predicted octanol–water partition coefficient (Wildman–Crippen LogP) is 4.51. The van der Waals surface area contributed by atoms with Crippen LogP contribution in [-0.2, 0) is 4.74 Å². The molecular weight excluding hydrogens is 308 g/mol. The topological polar surface area (TPSA) is 74.5 Å². The van der Waals surface area contributed by atoms with Gasteiger partial charge in [0.25, 0.3) is 0 Å². The number of carbonyl (C=O) groups excluding carboxylic acids is 1. The molecule has 0 amide bonds. The highest BCUT2D eigenvalue weighted by atomic mass is 16.8. The lowest BCUT2D eigenvalue weighted by Crippen LogP contribution is -2.26. The van der Waals surface area contributed by atoms with Crippen LogP contribution in [0, 0.1) is 6.92 Å². The SMILES string of the molecule is Cc1noc(OC(=O)OC(C)(C)C)c1-c1ccc2ccccc2n1. The minimum Gasteiger partial charge on any atom is -0.428 e. The molecule has 2 aromatic heterocycles. The van der Waals surface area contributed by atoms with E-state index >= 15 is 0 Å². The number of aryl methyl sites for hydroxylation is 1. The Hall–Kier alpha value is -2.89. The smallest absolute Gasteiger partial charge is 0.428 e. The summed E-state index contributed by atoms with van der Waals surface area (Å²) in [6.07, 6.45) is -0.847. The van der Waals surface area contributed by atoms with E-state index in [1.807, 2.05) is 36.4 Å². The Morgan fingerprint density at radius 3 is 2.62 bits per heavy atom. The molecule has 0 aliphatic heterocycles. The van der Waals surface area contributed by atoms with E-state index in [4.69, 9.17) is 14.0 Å². The van der Waals surface area contributed by atoms with Gasteiger partial charge in [0.05, 0.1) is 16.9 Å². The van der Waals surface area contributed by atoms with Gasteiger partial charge >= 0.3 is 12.1 Å². The number of aromatic nitrogens is 2. The number of hydrogen-bond donors (Lipinski definition) is 0. The lowest BCUT2D eigenvalue weighted by molar-refractivity contribution is 0.0148. The van der Waals surface area contributed by atoms with Gasteiger partial charge in [-0.3, -0.25) is 0 Å². The van der Waals surface area contributed by atoms with Crippen molar-refractivity contribution in [2.24, 2.45) is 0 Å². The molecule has 0 aliphatic carbocycles. The van der Waals surface area contributed by atoms with E-state index in [0.717, 1.165) is 10.9 Å². The average Bonchev–Trinajstić information content (AvgIpc) is 2.85. The zero-order valence-corrected chi connectivity index (χ0v) is 14.0. The molecule has 0 bridgehead atoms. The molecule has 0 N–H and O–H groups in total. The van der Waals surface area contributed by atoms with Crippen LogP contribution in [0.4, 0.5) is 4.79 Å². The maximum absolute atomic E-state index is 11.9. The van der Waals surface area contributed by atoms with Crippen LogP contribution in [0.3, 0.4) is 0 Å². The Balaban J connectivity index is 1.95. The number of fused-ring (bicyclic) bond motifs is 1. The minimum absolute atomic E-state index is 0.0236. The number of hydrogen-bond acceptors (Lipinski definition) is 6. The van der Waals surface area contributed by atoms with Crippen LogP contribution < -0.4 is 4.74 Å². The molecule has 124 valence electrons. The van der Waals surface area contributed by atoms with Gasteiger partial charge in [-0.15, -0.1) is 0 Å². The number of benzene rings is 1. The second-order valence-corrected chi connectivity index (χ2v) is 6.39. The monoisotopic (exact) mass is 326 g/mol. The van der Waals surface area contributed by atoms with Gasteiger partial charge < -0.3 is 14.0 Å². The van der Waals surface area contributed by atoms with Crippen molar-refractivity contribution in [1.82, 2.24) is 10.1 Å². The number of pyridine rings is 1.